The van der Waals surface area contributed by atoms with Gasteiger partial charge in [-0.3, -0.25) is 0 Å². The van der Waals surface area contributed by atoms with Crippen molar-refractivity contribution in [3.05, 3.63) is 34.6 Å². The summed E-state index contributed by atoms with van der Waals surface area (Å²) in [6.07, 6.45) is 2.07. The average Bonchev–Trinajstić information content (AvgIpc) is 2.23. The van der Waals surface area contributed by atoms with Crippen LogP contribution in [0.4, 0.5) is 4.39 Å². The van der Waals surface area contributed by atoms with Crippen molar-refractivity contribution in [1.82, 2.24) is 0 Å². The Bertz CT molecular complexity index is 376. The Hall–Kier alpha value is -0.600. The predicted molar refractivity (Wildman–Crippen MR) is 60.5 cm³/mol. The fourth-order valence-corrected chi connectivity index (χ4v) is 2.66. The van der Waals surface area contributed by atoms with Gasteiger partial charge in [-0.15, -0.1) is 0 Å². The van der Waals surface area contributed by atoms with Crippen LogP contribution in [0.15, 0.2) is 18.2 Å². The highest BCUT2D eigenvalue weighted by Crippen LogP contribution is 2.49. The molecular formula is C12H15ClFN. The summed E-state index contributed by atoms with van der Waals surface area (Å²) in [6, 6.07) is 5.18. The van der Waals surface area contributed by atoms with Crippen LogP contribution in [-0.2, 0) is 5.41 Å². The van der Waals surface area contributed by atoms with E-state index in [0.717, 1.165) is 12.8 Å². The van der Waals surface area contributed by atoms with Crippen LogP contribution < -0.4 is 5.73 Å². The smallest absolute Gasteiger partial charge is 0.145 e. The van der Waals surface area contributed by atoms with Gasteiger partial charge >= 0.3 is 0 Å². The van der Waals surface area contributed by atoms with Crippen molar-refractivity contribution in [3.63, 3.8) is 0 Å². The average molecular weight is 228 g/mol. The van der Waals surface area contributed by atoms with Crippen LogP contribution in [0, 0.1) is 11.7 Å². The van der Waals surface area contributed by atoms with Gasteiger partial charge in [-0.05, 0) is 30.4 Å². The molecule has 0 saturated heterocycles. The summed E-state index contributed by atoms with van der Waals surface area (Å²) in [5.41, 5.74) is 6.31. The molecule has 2 N–H and O–H groups in total. The lowest BCUT2D eigenvalue weighted by Crippen LogP contribution is -2.49. The minimum absolute atomic E-state index is 0.186. The predicted octanol–water partition coefficient (Wildman–Crippen LogP) is 3.11. The first-order valence-corrected chi connectivity index (χ1v) is 5.64. The zero-order valence-electron chi connectivity index (χ0n) is 8.76. The lowest BCUT2D eigenvalue weighted by molar-refractivity contribution is 0.141. The van der Waals surface area contributed by atoms with Crippen molar-refractivity contribution in [3.8, 4) is 0 Å². The highest BCUT2D eigenvalue weighted by Gasteiger charge is 2.45. The third kappa shape index (κ3) is 1.47. The van der Waals surface area contributed by atoms with Crippen molar-refractivity contribution in [2.45, 2.75) is 25.2 Å². The van der Waals surface area contributed by atoms with E-state index in [0.29, 0.717) is 18.0 Å². The molecule has 82 valence electrons. The van der Waals surface area contributed by atoms with Gasteiger partial charge in [-0.1, -0.05) is 30.7 Å². The molecule has 3 heteroatoms. The molecule has 1 aromatic rings. The number of halogens is 2. The second-order valence-electron chi connectivity index (χ2n) is 4.40. The van der Waals surface area contributed by atoms with Gasteiger partial charge in [0.25, 0.3) is 0 Å². The van der Waals surface area contributed by atoms with Gasteiger partial charge in [0.2, 0.25) is 0 Å². The molecule has 0 aliphatic heterocycles. The first-order valence-electron chi connectivity index (χ1n) is 5.26. The molecule has 1 aliphatic rings. The topological polar surface area (TPSA) is 26.0 Å². The zero-order valence-corrected chi connectivity index (χ0v) is 9.52. The lowest BCUT2D eigenvalue weighted by atomic mass is 9.57. The van der Waals surface area contributed by atoms with E-state index in [4.69, 9.17) is 17.3 Å². The number of hydrogen-bond acceptors (Lipinski definition) is 1. The van der Waals surface area contributed by atoms with Gasteiger partial charge in [0.15, 0.2) is 0 Å². The van der Waals surface area contributed by atoms with Gasteiger partial charge in [0, 0.05) is 12.0 Å². The van der Waals surface area contributed by atoms with Crippen LogP contribution in [0.1, 0.15) is 25.3 Å². The fraction of sp³-hybridized carbons (Fsp3) is 0.500. The summed E-state index contributed by atoms with van der Waals surface area (Å²) in [6.45, 7) is 2.61. The summed E-state index contributed by atoms with van der Waals surface area (Å²) < 4.78 is 13.9. The largest absolute Gasteiger partial charge is 0.330 e. The molecule has 1 saturated carbocycles. The second kappa shape index (κ2) is 3.76. The van der Waals surface area contributed by atoms with Crippen molar-refractivity contribution in [1.29, 1.82) is 0 Å². The SMILES string of the molecule is CC1CCC1(CN)c1cccc(Cl)c1F. The maximum absolute atomic E-state index is 13.9. The highest BCUT2D eigenvalue weighted by molar-refractivity contribution is 6.30. The summed E-state index contributed by atoms with van der Waals surface area (Å²) in [7, 11) is 0. The maximum Gasteiger partial charge on any atom is 0.145 e. The van der Waals surface area contributed by atoms with Crippen molar-refractivity contribution >= 4 is 11.6 Å². The van der Waals surface area contributed by atoms with E-state index in [1.807, 2.05) is 6.07 Å². The normalized spacial score (nSPS) is 30.0. The summed E-state index contributed by atoms with van der Waals surface area (Å²) in [5.74, 6) is 0.145. The number of hydrogen-bond donors (Lipinski definition) is 1. The van der Waals surface area contributed by atoms with E-state index in [1.165, 1.54) is 0 Å². The van der Waals surface area contributed by atoms with Crippen LogP contribution >= 0.6 is 11.6 Å². The summed E-state index contributed by atoms with van der Waals surface area (Å²) in [4.78, 5) is 0. The van der Waals surface area contributed by atoms with E-state index < -0.39 is 0 Å². The zero-order chi connectivity index (χ0) is 11.1. The molecule has 2 unspecified atom stereocenters. The van der Waals surface area contributed by atoms with Crippen molar-refractivity contribution < 1.29 is 4.39 Å². The Balaban J connectivity index is 2.48. The molecule has 1 aromatic carbocycles. The molecule has 0 bridgehead atoms. The van der Waals surface area contributed by atoms with Crippen LogP contribution in [0.3, 0.4) is 0 Å². The molecule has 15 heavy (non-hydrogen) atoms. The number of benzene rings is 1. The molecule has 0 spiro atoms. The third-order valence-electron chi connectivity index (χ3n) is 3.82. The van der Waals surface area contributed by atoms with Crippen molar-refractivity contribution in [2.24, 2.45) is 11.7 Å². The van der Waals surface area contributed by atoms with E-state index in [2.05, 4.69) is 6.92 Å². The first-order chi connectivity index (χ1) is 7.12. The van der Waals surface area contributed by atoms with E-state index in [9.17, 15) is 4.39 Å². The number of nitrogens with two attached hydrogens (primary N) is 1. The standard InChI is InChI=1S/C12H15ClFN/c1-8-5-6-12(8,7-15)9-3-2-4-10(13)11(9)14/h2-4,8H,5-7,15H2,1H3. The van der Waals surface area contributed by atoms with Gasteiger partial charge in [0.1, 0.15) is 5.82 Å². The molecule has 0 aromatic heterocycles. The summed E-state index contributed by atoms with van der Waals surface area (Å²) in [5, 5.41) is 0.194. The Morgan fingerprint density at radius 1 is 1.60 bits per heavy atom. The molecule has 2 atom stereocenters. The molecule has 0 radical (unpaired) electrons. The molecule has 2 rings (SSSR count). The van der Waals surface area contributed by atoms with Gasteiger partial charge < -0.3 is 5.73 Å². The molecule has 1 fully saturated rings. The Morgan fingerprint density at radius 3 is 2.80 bits per heavy atom. The molecule has 0 heterocycles. The molecule has 0 amide bonds. The Kier molecular flexibility index (Phi) is 2.73. The molecule has 1 nitrogen and oxygen atoms in total. The van der Waals surface area contributed by atoms with Crippen LogP contribution in [0.2, 0.25) is 5.02 Å². The van der Waals surface area contributed by atoms with Crippen LogP contribution in [0.25, 0.3) is 0 Å². The lowest BCUT2D eigenvalue weighted by Gasteiger charge is -2.48. The van der Waals surface area contributed by atoms with Gasteiger partial charge in [0.05, 0.1) is 5.02 Å². The Labute approximate surface area is 94.4 Å². The minimum atomic E-state index is -0.295. The van der Waals surface area contributed by atoms with Gasteiger partial charge in [-0.2, -0.15) is 0 Å². The molecule has 1 aliphatic carbocycles. The van der Waals surface area contributed by atoms with Crippen molar-refractivity contribution in [2.75, 3.05) is 6.54 Å². The van der Waals surface area contributed by atoms with E-state index >= 15 is 0 Å². The quantitative estimate of drug-likeness (QED) is 0.826. The maximum atomic E-state index is 13.9. The number of rotatable bonds is 2. The Morgan fingerprint density at radius 2 is 2.33 bits per heavy atom. The first kappa shape index (κ1) is 10.9. The van der Waals surface area contributed by atoms with Crippen LogP contribution in [0.5, 0.6) is 0 Å². The molecular weight excluding hydrogens is 213 g/mol. The van der Waals surface area contributed by atoms with Crippen LogP contribution in [-0.4, -0.2) is 6.54 Å². The second-order valence-corrected chi connectivity index (χ2v) is 4.81. The minimum Gasteiger partial charge on any atom is -0.330 e. The highest BCUT2D eigenvalue weighted by atomic mass is 35.5. The fourth-order valence-electron chi connectivity index (χ4n) is 2.48. The summed E-state index contributed by atoms with van der Waals surface area (Å²) >= 11 is 5.79. The van der Waals surface area contributed by atoms with Gasteiger partial charge in [-0.25, -0.2) is 4.39 Å². The van der Waals surface area contributed by atoms with E-state index in [-0.39, 0.29) is 16.3 Å². The third-order valence-corrected chi connectivity index (χ3v) is 4.11. The van der Waals surface area contributed by atoms with E-state index in [1.54, 1.807) is 12.1 Å². The monoisotopic (exact) mass is 227 g/mol.